The number of hydrogen-bond donors (Lipinski definition) is 2. The third-order valence-corrected chi connectivity index (χ3v) is 8.32. The van der Waals surface area contributed by atoms with E-state index in [1.165, 1.54) is 40.9 Å². The highest BCUT2D eigenvalue weighted by Crippen LogP contribution is 2.44. The number of para-hydroxylation sites is 1. The molecule has 0 aliphatic carbocycles. The molecule has 5 aromatic rings. The quantitative estimate of drug-likeness (QED) is 0.137. The summed E-state index contributed by atoms with van der Waals surface area (Å²) in [5, 5.41) is 30.0. The smallest absolute Gasteiger partial charge is 0.296 e. The Hall–Kier alpha value is -4.48. The lowest BCUT2D eigenvalue weighted by molar-refractivity contribution is -0.117. The number of carbonyl (C=O) groups is 2. The number of furan rings is 1. The maximum atomic E-state index is 13.7. The van der Waals surface area contributed by atoms with E-state index in [4.69, 9.17) is 4.42 Å². The molecule has 6 rings (SSSR count). The SMILES string of the molecule is O=C(C1=C(O)C(=O)N(c2nnc(SCc3ccc(F)cc3)s2)C1c1ccc(O)cc1)c1cc2ccccc2o1. The van der Waals surface area contributed by atoms with Crippen LogP contribution in [0.5, 0.6) is 5.75 Å². The number of phenolic OH excluding ortho intramolecular Hbond substituents is 1. The van der Waals surface area contributed by atoms with Crippen LogP contribution in [-0.4, -0.2) is 32.1 Å². The highest BCUT2D eigenvalue weighted by atomic mass is 32.2. The molecule has 0 radical (unpaired) electrons. The summed E-state index contributed by atoms with van der Waals surface area (Å²) in [5.74, 6) is -2.01. The van der Waals surface area contributed by atoms with Gasteiger partial charge in [0.05, 0.1) is 11.6 Å². The van der Waals surface area contributed by atoms with Crippen LogP contribution < -0.4 is 4.90 Å². The number of nitrogens with zero attached hydrogens (tertiary/aromatic N) is 3. The number of aliphatic hydroxyl groups is 1. The first kappa shape index (κ1) is 24.8. The fourth-order valence-corrected chi connectivity index (χ4v) is 6.14. The van der Waals surface area contributed by atoms with Gasteiger partial charge in [-0.05, 0) is 47.5 Å². The number of amides is 1. The molecule has 3 aromatic carbocycles. The number of halogens is 1. The summed E-state index contributed by atoms with van der Waals surface area (Å²) >= 11 is 2.48. The van der Waals surface area contributed by atoms with Crippen molar-refractivity contribution in [2.45, 2.75) is 16.1 Å². The molecule has 0 bridgehead atoms. The minimum Gasteiger partial charge on any atom is -0.508 e. The monoisotopic (exact) mass is 559 g/mol. The van der Waals surface area contributed by atoms with Crippen LogP contribution in [0.1, 0.15) is 27.7 Å². The summed E-state index contributed by atoms with van der Waals surface area (Å²) < 4.78 is 19.5. The Morgan fingerprint density at radius 1 is 1.03 bits per heavy atom. The van der Waals surface area contributed by atoms with E-state index < -0.39 is 23.5 Å². The average Bonchev–Trinajstić information content (AvgIpc) is 3.65. The van der Waals surface area contributed by atoms with Crippen molar-refractivity contribution in [2.75, 3.05) is 4.90 Å². The van der Waals surface area contributed by atoms with Gasteiger partial charge in [0, 0.05) is 11.1 Å². The lowest BCUT2D eigenvalue weighted by atomic mass is 9.95. The second kappa shape index (κ2) is 10.0. The molecule has 8 nitrogen and oxygen atoms in total. The number of fused-ring (bicyclic) bond motifs is 1. The molecule has 0 saturated carbocycles. The first-order valence-electron chi connectivity index (χ1n) is 11.7. The molecule has 3 heterocycles. The minimum absolute atomic E-state index is 0.00313. The van der Waals surface area contributed by atoms with Gasteiger partial charge in [0.2, 0.25) is 10.9 Å². The molecule has 11 heteroatoms. The molecule has 1 aliphatic rings. The van der Waals surface area contributed by atoms with Gasteiger partial charge in [0.15, 0.2) is 15.9 Å². The Kier molecular flexibility index (Phi) is 6.37. The maximum Gasteiger partial charge on any atom is 0.296 e. The molecule has 1 amide bonds. The molecule has 1 unspecified atom stereocenters. The Morgan fingerprint density at radius 2 is 1.77 bits per heavy atom. The van der Waals surface area contributed by atoms with Crippen molar-refractivity contribution in [1.29, 1.82) is 0 Å². The fraction of sp³-hybridized carbons (Fsp3) is 0.0714. The fourth-order valence-electron chi connectivity index (χ4n) is 4.32. The first-order valence-corrected chi connectivity index (χ1v) is 13.5. The van der Waals surface area contributed by atoms with E-state index in [0.717, 1.165) is 16.9 Å². The summed E-state index contributed by atoms with van der Waals surface area (Å²) in [4.78, 5) is 28.3. The highest BCUT2D eigenvalue weighted by molar-refractivity contribution is 8.00. The van der Waals surface area contributed by atoms with E-state index in [1.54, 1.807) is 48.5 Å². The predicted octanol–water partition coefficient (Wildman–Crippen LogP) is 6.20. The van der Waals surface area contributed by atoms with E-state index >= 15 is 0 Å². The van der Waals surface area contributed by atoms with Crippen molar-refractivity contribution >= 4 is 50.9 Å². The number of phenols is 1. The average molecular weight is 560 g/mol. The Balaban J connectivity index is 1.35. The largest absolute Gasteiger partial charge is 0.508 e. The van der Waals surface area contributed by atoms with Crippen LogP contribution >= 0.6 is 23.1 Å². The summed E-state index contributed by atoms with van der Waals surface area (Å²) in [6, 6.07) is 19.7. The number of rotatable bonds is 7. The third kappa shape index (κ3) is 4.66. The van der Waals surface area contributed by atoms with E-state index in [-0.39, 0.29) is 28.0 Å². The maximum absolute atomic E-state index is 13.7. The zero-order valence-corrected chi connectivity index (χ0v) is 21.6. The first-order chi connectivity index (χ1) is 18.9. The lowest BCUT2D eigenvalue weighted by Gasteiger charge is -2.23. The van der Waals surface area contributed by atoms with E-state index in [0.29, 0.717) is 26.6 Å². The summed E-state index contributed by atoms with van der Waals surface area (Å²) in [6.07, 6.45) is 0. The van der Waals surface area contributed by atoms with Crippen LogP contribution in [0.4, 0.5) is 9.52 Å². The summed E-state index contributed by atoms with van der Waals surface area (Å²) in [7, 11) is 0. The summed E-state index contributed by atoms with van der Waals surface area (Å²) in [5.41, 5.74) is 1.69. The predicted molar refractivity (Wildman–Crippen MR) is 144 cm³/mol. The molecule has 0 fully saturated rings. The second-order valence-corrected chi connectivity index (χ2v) is 10.9. The van der Waals surface area contributed by atoms with Gasteiger partial charge < -0.3 is 14.6 Å². The van der Waals surface area contributed by atoms with Crippen molar-refractivity contribution in [3.05, 3.63) is 113 Å². The molecule has 2 aromatic heterocycles. The number of aliphatic hydroxyl groups excluding tert-OH is 1. The van der Waals surface area contributed by atoms with Crippen molar-refractivity contribution < 1.29 is 28.6 Å². The molecule has 1 atom stereocenters. The van der Waals surface area contributed by atoms with Gasteiger partial charge in [-0.25, -0.2) is 4.39 Å². The number of benzene rings is 3. The van der Waals surface area contributed by atoms with Crippen LogP contribution in [-0.2, 0) is 10.5 Å². The van der Waals surface area contributed by atoms with Crippen molar-refractivity contribution in [3.8, 4) is 5.75 Å². The normalized spacial score (nSPS) is 15.5. The molecule has 2 N–H and O–H groups in total. The standard InChI is InChI=1S/C28H18FN3O5S2/c29-18-9-5-15(6-10-18)14-38-28-31-30-27(39-28)32-23(16-7-11-19(33)12-8-16)22(25(35)26(32)36)24(34)21-13-17-3-1-2-4-20(17)37-21/h1-13,23,33,35H,14H2. The minimum atomic E-state index is -1.04. The van der Waals surface area contributed by atoms with Gasteiger partial charge in [-0.1, -0.05) is 65.6 Å². The van der Waals surface area contributed by atoms with Crippen molar-refractivity contribution in [3.63, 3.8) is 0 Å². The molecule has 0 saturated heterocycles. The lowest BCUT2D eigenvalue weighted by Crippen LogP contribution is -2.31. The zero-order chi connectivity index (χ0) is 27.1. The van der Waals surface area contributed by atoms with Crippen LogP contribution in [0.2, 0.25) is 0 Å². The number of carbonyl (C=O) groups excluding carboxylic acids is 2. The summed E-state index contributed by atoms with van der Waals surface area (Å²) in [6.45, 7) is 0. The zero-order valence-electron chi connectivity index (χ0n) is 19.9. The number of anilines is 1. The van der Waals surface area contributed by atoms with Gasteiger partial charge >= 0.3 is 0 Å². The van der Waals surface area contributed by atoms with Crippen LogP contribution in [0.25, 0.3) is 11.0 Å². The van der Waals surface area contributed by atoms with Gasteiger partial charge in [0.1, 0.15) is 17.1 Å². The van der Waals surface area contributed by atoms with Crippen molar-refractivity contribution in [2.24, 2.45) is 0 Å². The van der Waals surface area contributed by atoms with Crippen LogP contribution in [0.3, 0.4) is 0 Å². The van der Waals surface area contributed by atoms with E-state index in [2.05, 4.69) is 10.2 Å². The third-order valence-electron chi connectivity index (χ3n) is 6.19. The van der Waals surface area contributed by atoms with Crippen LogP contribution in [0.15, 0.2) is 99.0 Å². The van der Waals surface area contributed by atoms with E-state index in [1.807, 2.05) is 6.07 Å². The van der Waals surface area contributed by atoms with Gasteiger partial charge in [-0.3, -0.25) is 14.5 Å². The molecular weight excluding hydrogens is 541 g/mol. The number of ketones is 1. The molecule has 1 aliphatic heterocycles. The number of aromatic nitrogens is 2. The Labute approximate surface area is 229 Å². The number of aromatic hydroxyl groups is 1. The number of hydrogen-bond acceptors (Lipinski definition) is 9. The molecular formula is C28H18FN3O5S2. The van der Waals surface area contributed by atoms with E-state index in [9.17, 15) is 24.2 Å². The van der Waals surface area contributed by atoms with Gasteiger partial charge in [-0.2, -0.15) is 0 Å². The second-order valence-electron chi connectivity index (χ2n) is 8.67. The molecule has 194 valence electrons. The Morgan fingerprint density at radius 3 is 2.51 bits per heavy atom. The molecule has 0 spiro atoms. The van der Waals surface area contributed by atoms with Gasteiger partial charge in [0.25, 0.3) is 5.91 Å². The molecule has 39 heavy (non-hydrogen) atoms. The number of Topliss-reactive ketones (excluding diaryl/α,β-unsaturated/α-hetero) is 1. The van der Waals surface area contributed by atoms with Crippen LogP contribution in [0, 0.1) is 5.82 Å². The van der Waals surface area contributed by atoms with Crippen molar-refractivity contribution in [1.82, 2.24) is 10.2 Å². The topological polar surface area (TPSA) is 117 Å². The highest BCUT2D eigenvalue weighted by Gasteiger charge is 2.46. The number of thioether (sulfide) groups is 1. The Bertz CT molecular complexity index is 1710. The van der Waals surface area contributed by atoms with Gasteiger partial charge in [-0.15, -0.1) is 10.2 Å².